The van der Waals surface area contributed by atoms with Gasteiger partial charge < -0.3 is 9.47 Å². The Morgan fingerprint density at radius 1 is 1.30 bits per heavy atom. The highest BCUT2D eigenvalue weighted by molar-refractivity contribution is 6.34. The Morgan fingerprint density at radius 3 is 2.39 bits per heavy atom. The van der Waals surface area contributed by atoms with Gasteiger partial charge in [-0.25, -0.2) is 9.59 Å². The lowest BCUT2D eigenvalue weighted by Gasteiger charge is -2.31. The molecule has 1 amide bonds. The third kappa shape index (κ3) is 5.28. The summed E-state index contributed by atoms with van der Waals surface area (Å²) in [6.07, 6.45) is 0.467. The molecule has 1 aromatic rings. The molecule has 5 nitrogen and oxygen atoms in total. The molecule has 0 fully saturated rings. The minimum absolute atomic E-state index is 0.168. The van der Waals surface area contributed by atoms with Crippen LogP contribution in [0.2, 0.25) is 5.02 Å². The van der Waals surface area contributed by atoms with Crippen LogP contribution in [0.1, 0.15) is 34.6 Å². The third-order valence-electron chi connectivity index (χ3n) is 2.67. The zero-order chi connectivity index (χ0) is 17.8. The molecule has 0 bridgehead atoms. The summed E-state index contributed by atoms with van der Waals surface area (Å²) in [6.45, 7) is 12.3. The Balaban J connectivity index is 3.34. The fraction of sp³-hybridized carbons (Fsp3) is 0.412. The minimum atomic E-state index is -0.663. The number of rotatable bonds is 4. The van der Waals surface area contributed by atoms with Crippen molar-refractivity contribution in [2.45, 2.75) is 46.3 Å². The largest absolute Gasteiger partial charge is 0.443 e. The van der Waals surface area contributed by atoms with E-state index >= 15 is 0 Å². The second-order valence-electron chi connectivity index (χ2n) is 6.16. The van der Waals surface area contributed by atoms with E-state index in [1.807, 2.05) is 13.8 Å². The Hall–Kier alpha value is -2.01. The minimum Gasteiger partial charge on any atom is -0.443 e. The predicted octanol–water partition coefficient (Wildman–Crippen LogP) is 4.58. The van der Waals surface area contributed by atoms with E-state index < -0.39 is 17.7 Å². The summed E-state index contributed by atoms with van der Waals surface area (Å²) in [4.78, 5) is 25.4. The Morgan fingerprint density at radius 2 is 1.91 bits per heavy atom. The van der Waals surface area contributed by atoms with Crippen LogP contribution in [-0.4, -0.2) is 23.7 Å². The number of anilines is 1. The number of hydrogen-bond acceptors (Lipinski definition) is 4. The highest BCUT2D eigenvalue weighted by Gasteiger charge is 2.29. The molecule has 0 saturated heterocycles. The molecule has 0 heterocycles. The predicted molar refractivity (Wildman–Crippen MR) is 91.1 cm³/mol. The molecular formula is C17H22ClNO4. The molecule has 0 unspecified atom stereocenters. The lowest BCUT2D eigenvalue weighted by atomic mass is 10.2. The van der Waals surface area contributed by atoms with Gasteiger partial charge in [0.2, 0.25) is 0 Å². The maximum absolute atomic E-state index is 12.5. The van der Waals surface area contributed by atoms with E-state index in [0.717, 1.165) is 6.08 Å². The van der Waals surface area contributed by atoms with E-state index in [-0.39, 0.29) is 22.5 Å². The first-order valence-corrected chi connectivity index (χ1v) is 7.59. The van der Waals surface area contributed by atoms with Crippen LogP contribution in [0, 0.1) is 0 Å². The normalized spacial score (nSPS) is 11.1. The zero-order valence-electron chi connectivity index (χ0n) is 14.1. The lowest BCUT2D eigenvalue weighted by molar-refractivity contribution is -0.128. The molecule has 0 atom stereocenters. The van der Waals surface area contributed by atoms with E-state index in [4.69, 9.17) is 21.1 Å². The van der Waals surface area contributed by atoms with Gasteiger partial charge in [-0.1, -0.05) is 24.2 Å². The van der Waals surface area contributed by atoms with E-state index in [2.05, 4.69) is 6.58 Å². The molecule has 0 N–H and O–H groups in total. The molecule has 23 heavy (non-hydrogen) atoms. The van der Waals surface area contributed by atoms with Crippen LogP contribution in [0.15, 0.2) is 30.9 Å². The van der Waals surface area contributed by atoms with E-state index in [0.29, 0.717) is 0 Å². The summed E-state index contributed by atoms with van der Waals surface area (Å²) in [7, 11) is 0. The second kappa shape index (κ2) is 7.51. The fourth-order valence-corrected chi connectivity index (χ4v) is 2.09. The van der Waals surface area contributed by atoms with Gasteiger partial charge in [0.1, 0.15) is 11.3 Å². The van der Waals surface area contributed by atoms with Crippen molar-refractivity contribution in [2.75, 3.05) is 4.90 Å². The smallest absolute Gasteiger partial charge is 0.415 e. The topological polar surface area (TPSA) is 55.8 Å². The van der Waals surface area contributed by atoms with Crippen molar-refractivity contribution in [3.05, 3.63) is 35.9 Å². The van der Waals surface area contributed by atoms with Gasteiger partial charge in [0.05, 0.1) is 5.02 Å². The number of amides is 1. The maximum atomic E-state index is 12.5. The first-order valence-electron chi connectivity index (χ1n) is 7.21. The van der Waals surface area contributed by atoms with Crippen LogP contribution in [0.25, 0.3) is 0 Å². The van der Waals surface area contributed by atoms with Gasteiger partial charge in [-0.3, -0.25) is 4.90 Å². The number of carbonyl (C=O) groups is 2. The highest BCUT2D eigenvalue weighted by atomic mass is 35.5. The average molecular weight is 340 g/mol. The molecule has 126 valence electrons. The van der Waals surface area contributed by atoms with Gasteiger partial charge in [0.15, 0.2) is 5.75 Å². The fourth-order valence-electron chi connectivity index (χ4n) is 1.83. The van der Waals surface area contributed by atoms with Crippen molar-refractivity contribution >= 4 is 29.4 Å². The number of halogens is 1. The van der Waals surface area contributed by atoms with E-state index in [9.17, 15) is 9.59 Å². The van der Waals surface area contributed by atoms with Crippen molar-refractivity contribution < 1.29 is 19.1 Å². The van der Waals surface area contributed by atoms with Crippen molar-refractivity contribution in [3.63, 3.8) is 0 Å². The molecule has 1 rings (SSSR count). The second-order valence-corrected chi connectivity index (χ2v) is 6.56. The summed E-state index contributed by atoms with van der Waals surface area (Å²) in [5, 5.41) is 0.277. The van der Waals surface area contributed by atoms with Crippen LogP contribution >= 0.6 is 11.6 Å². The summed E-state index contributed by atoms with van der Waals surface area (Å²) in [6, 6.07) is 4.54. The van der Waals surface area contributed by atoms with Crippen LogP contribution in [0.3, 0.4) is 0 Å². The van der Waals surface area contributed by atoms with Crippen LogP contribution in [-0.2, 0) is 9.53 Å². The standard InChI is InChI=1S/C17H22ClNO4/c1-7-14(20)22-13-10-8-9-12(18)15(13)19(11(2)3)16(21)23-17(4,5)6/h7-11H,1H2,2-6H3. The zero-order valence-corrected chi connectivity index (χ0v) is 14.8. The number of ether oxygens (including phenoxy) is 2. The van der Waals surface area contributed by atoms with Crippen molar-refractivity contribution in [2.24, 2.45) is 0 Å². The lowest BCUT2D eigenvalue weighted by Crippen LogP contribution is -2.41. The molecule has 0 aromatic heterocycles. The number of nitrogens with zero attached hydrogens (tertiary/aromatic N) is 1. The van der Waals surface area contributed by atoms with Crippen LogP contribution in [0.4, 0.5) is 10.5 Å². The Labute approximate surface area is 141 Å². The van der Waals surface area contributed by atoms with Gasteiger partial charge in [0, 0.05) is 12.1 Å². The molecular weight excluding hydrogens is 318 g/mol. The molecule has 0 radical (unpaired) electrons. The van der Waals surface area contributed by atoms with Gasteiger partial charge in [-0.2, -0.15) is 0 Å². The van der Waals surface area contributed by atoms with E-state index in [1.54, 1.807) is 39.0 Å². The van der Waals surface area contributed by atoms with Crippen molar-refractivity contribution in [1.82, 2.24) is 0 Å². The van der Waals surface area contributed by atoms with Crippen molar-refractivity contribution in [1.29, 1.82) is 0 Å². The summed E-state index contributed by atoms with van der Waals surface area (Å²) in [5.74, 6) is -0.469. The first kappa shape index (κ1) is 19.0. The summed E-state index contributed by atoms with van der Waals surface area (Å²) >= 11 is 6.24. The number of benzene rings is 1. The van der Waals surface area contributed by atoms with Crippen molar-refractivity contribution in [3.8, 4) is 5.75 Å². The number of hydrogen-bond donors (Lipinski definition) is 0. The van der Waals surface area contributed by atoms with Crippen LogP contribution < -0.4 is 9.64 Å². The molecule has 0 aliphatic carbocycles. The molecule has 0 spiro atoms. The van der Waals surface area contributed by atoms with Crippen LogP contribution in [0.5, 0.6) is 5.75 Å². The summed E-state index contributed by atoms with van der Waals surface area (Å²) in [5.41, 5.74) is -0.378. The number of esters is 1. The SMILES string of the molecule is C=CC(=O)Oc1cccc(Cl)c1N(C(=O)OC(C)(C)C)C(C)C. The number of carbonyl (C=O) groups excluding carboxylic acids is 2. The molecule has 6 heteroatoms. The van der Waals surface area contributed by atoms with E-state index in [1.165, 1.54) is 4.90 Å². The molecule has 0 aliphatic heterocycles. The van der Waals surface area contributed by atoms with Gasteiger partial charge in [-0.15, -0.1) is 0 Å². The van der Waals surface area contributed by atoms with Gasteiger partial charge >= 0.3 is 12.1 Å². The first-order chi connectivity index (χ1) is 10.6. The van der Waals surface area contributed by atoms with Gasteiger partial charge in [-0.05, 0) is 46.8 Å². The molecule has 0 saturated carbocycles. The summed E-state index contributed by atoms with van der Waals surface area (Å²) < 4.78 is 10.6. The quantitative estimate of drug-likeness (QED) is 0.457. The van der Waals surface area contributed by atoms with Gasteiger partial charge in [0.25, 0.3) is 0 Å². The highest BCUT2D eigenvalue weighted by Crippen LogP contribution is 2.38. The molecule has 1 aromatic carbocycles. The maximum Gasteiger partial charge on any atom is 0.415 e. The average Bonchev–Trinajstić information content (AvgIpc) is 2.39. The third-order valence-corrected chi connectivity index (χ3v) is 2.98. The Kier molecular flexibility index (Phi) is 6.21. The monoisotopic (exact) mass is 339 g/mol. The Bertz CT molecular complexity index is 605. The molecule has 0 aliphatic rings. The number of para-hydroxylation sites is 1.